The number of nitrogens with two attached hydrogens (primary N) is 1. The highest BCUT2D eigenvalue weighted by Gasteiger charge is 2.24. The van der Waals surface area contributed by atoms with Crippen LogP contribution in [0, 0.1) is 0 Å². The van der Waals surface area contributed by atoms with Gasteiger partial charge in [0.15, 0.2) is 0 Å². The highest BCUT2D eigenvalue weighted by atomic mass is 16.5. The first kappa shape index (κ1) is 12.9. The van der Waals surface area contributed by atoms with Gasteiger partial charge in [0.2, 0.25) is 0 Å². The molecule has 2 N–H and O–H groups in total. The van der Waals surface area contributed by atoms with Crippen molar-refractivity contribution >= 4 is 5.97 Å². The SMILES string of the molecule is COC(=O)CCc1ccc(OC)c2c1CC(N)C2. The van der Waals surface area contributed by atoms with Crippen LogP contribution in [0.5, 0.6) is 5.75 Å². The zero-order valence-corrected chi connectivity index (χ0v) is 10.9. The fraction of sp³-hybridized carbons (Fsp3) is 0.500. The van der Waals surface area contributed by atoms with Gasteiger partial charge in [-0.1, -0.05) is 6.07 Å². The van der Waals surface area contributed by atoms with E-state index in [0.717, 1.165) is 18.6 Å². The molecule has 0 aliphatic heterocycles. The van der Waals surface area contributed by atoms with Crippen molar-refractivity contribution in [3.63, 3.8) is 0 Å². The largest absolute Gasteiger partial charge is 0.496 e. The van der Waals surface area contributed by atoms with E-state index in [1.165, 1.54) is 23.8 Å². The fourth-order valence-corrected chi connectivity index (χ4v) is 2.56. The second-order valence-corrected chi connectivity index (χ2v) is 4.63. The van der Waals surface area contributed by atoms with Crippen LogP contribution in [0.15, 0.2) is 12.1 Å². The van der Waals surface area contributed by atoms with Gasteiger partial charge in [-0.2, -0.15) is 0 Å². The molecule has 0 bridgehead atoms. The van der Waals surface area contributed by atoms with E-state index in [1.807, 2.05) is 12.1 Å². The number of carbonyl (C=O) groups excluding carboxylic acids is 1. The molecule has 18 heavy (non-hydrogen) atoms. The normalized spacial score (nSPS) is 17.4. The number of benzene rings is 1. The zero-order chi connectivity index (χ0) is 13.1. The van der Waals surface area contributed by atoms with E-state index in [4.69, 9.17) is 10.5 Å². The molecule has 0 spiro atoms. The van der Waals surface area contributed by atoms with Gasteiger partial charge in [-0.25, -0.2) is 0 Å². The maximum Gasteiger partial charge on any atom is 0.305 e. The lowest BCUT2D eigenvalue weighted by Crippen LogP contribution is -2.19. The van der Waals surface area contributed by atoms with Crippen LogP contribution in [-0.2, 0) is 28.8 Å². The fourth-order valence-electron chi connectivity index (χ4n) is 2.56. The molecular weight excluding hydrogens is 230 g/mol. The summed E-state index contributed by atoms with van der Waals surface area (Å²) in [7, 11) is 3.09. The first-order valence-corrected chi connectivity index (χ1v) is 6.15. The van der Waals surface area contributed by atoms with Crippen LogP contribution < -0.4 is 10.5 Å². The molecule has 4 heteroatoms. The summed E-state index contributed by atoms with van der Waals surface area (Å²) in [6.07, 6.45) is 2.82. The quantitative estimate of drug-likeness (QED) is 0.815. The third-order valence-electron chi connectivity index (χ3n) is 3.46. The summed E-state index contributed by atoms with van der Waals surface area (Å²) in [5.41, 5.74) is 9.65. The monoisotopic (exact) mass is 249 g/mol. The van der Waals surface area contributed by atoms with Crippen LogP contribution in [0.3, 0.4) is 0 Å². The molecule has 0 fully saturated rings. The molecule has 1 unspecified atom stereocenters. The molecule has 0 amide bonds. The van der Waals surface area contributed by atoms with Crippen molar-refractivity contribution in [2.24, 2.45) is 5.73 Å². The summed E-state index contributed by atoms with van der Waals surface area (Å²) in [4.78, 5) is 11.2. The summed E-state index contributed by atoms with van der Waals surface area (Å²) in [5.74, 6) is 0.724. The molecule has 1 aromatic rings. The van der Waals surface area contributed by atoms with Crippen LogP contribution in [0.4, 0.5) is 0 Å². The first-order chi connectivity index (χ1) is 8.65. The van der Waals surface area contributed by atoms with Crippen LogP contribution in [0.25, 0.3) is 0 Å². The minimum absolute atomic E-state index is 0.160. The van der Waals surface area contributed by atoms with Gasteiger partial charge in [-0.15, -0.1) is 0 Å². The highest BCUT2D eigenvalue weighted by Crippen LogP contribution is 2.33. The summed E-state index contributed by atoms with van der Waals surface area (Å²) >= 11 is 0. The van der Waals surface area contributed by atoms with Crippen LogP contribution >= 0.6 is 0 Å². The van der Waals surface area contributed by atoms with Gasteiger partial charge in [0, 0.05) is 12.5 Å². The van der Waals surface area contributed by atoms with Gasteiger partial charge in [-0.3, -0.25) is 4.79 Å². The molecule has 0 saturated carbocycles. The number of hydrogen-bond acceptors (Lipinski definition) is 4. The molecule has 0 radical (unpaired) electrons. The minimum Gasteiger partial charge on any atom is -0.496 e. The maximum atomic E-state index is 11.2. The Kier molecular flexibility index (Phi) is 3.87. The average molecular weight is 249 g/mol. The Morgan fingerprint density at radius 1 is 1.33 bits per heavy atom. The molecule has 0 aromatic heterocycles. The summed E-state index contributed by atoms with van der Waals surface area (Å²) < 4.78 is 10.0. The number of carbonyl (C=O) groups is 1. The molecule has 0 saturated heterocycles. The second-order valence-electron chi connectivity index (χ2n) is 4.63. The standard InChI is InChI=1S/C14H19NO3/c1-17-13-5-3-9(4-6-14(16)18-2)11-7-10(15)8-12(11)13/h3,5,10H,4,6-8,15H2,1-2H3. The van der Waals surface area contributed by atoms with E-state index in [0.29, 0.717) is 12.8 Å². The lowest BCUT2D eigenvalue weighted by Gasteiger charge is -2.11. The Morgan fingerprint density at radius 2 is 2.06 bits per heavy atom. The van der Waals surface area contributed by atoms with E-state index >= 15 is 0 Å². The molecule has 98 valence electrons. The molecule has 1 atom stereocenters. The average Bonchev–Trinajstić information content (AvgIpc) is 2.76. The predicted octanol–water partition coefficient (Wildman–Crippen LogP) is 1.23. The van der Waals surface area contributed by atoms with Crippen molar-refractivity contribution in [1.82, 2.24) is 0 Å². The van der Waals surface area contributed by atoms with Gasteiger partial charge in [0.05, 0.1) is 14.2 Å². The third kappa shape index (κ3) is 2.48. The van der Waals surface area contributed by atoms with Gasteiger partial charge in [-0.05, 0) is 42.0 Å². The van der Waals surface area contributed by atoms with E-state index in [2.05, 4.69) is 4.74 Å². The van der Waals surface area contributed by atoms with Crippen molar-refractivity contribution in [3.8, 4) is 5.75 Å². The van der Waals surface area contributed by atoms with Crippen molar-refractivity contribution in [1.29, 1.82) is 0 Å². The van der Waals surface area contributed by atoms with E-state index in [-0.39, 0.29) is 12.0 Å². The van der Waals surface area contributed by atoms with Gasteiger partial charge in [0.1, 0.15) is 5.75 Å². The molecule has 1 aromatic carbocycles. The molecule has 0 heterocycles. The van der Waals surface area contributed by atoms with Gasteiger partial charge >= 0.3 is 5.97 Å². The Bertz CT molecular complexity index is 457. The summed E-state index contributed by atoms with van der Waals surface area (Å²) in [6.45, 7) is 0. The Labute approximate surface area is 107 Å². The van der Waals surface area contributed by atoms with Crippen molar-refractivity contribution in [2.75, 3.05) is 14.2 Å². The van der Waals surface area contributed by atoms with Crippen LogP contribution in [0.2, 0.25) is 0 Å². The molecular formula is C14H19NO3. The van der Waals surface area contributed by atoms with Crippen LogP contribution in [-0.4, -0.2) is 26.2 Å². The number of hydrogen-bond donors (Lipinski definition) is 1. The van der Waals surface area contributed by atoms with Crippen LogP contribution in [0.1, 0.15) is 23.1 Å². The number of aryl methyl sites for hydroxylation is 1. The summed E-state index contributed by atoms with van der Waals surface area (Å²) in [5, 5.41) is 0. The topological polar surface area (TPSA) is 61.5 Å². The lowest BCUT2D eigenvalue weighted by atomic mass is 9.99. The van der Waals surface area contributed by atoms with Crippen molar-refractivity contribution in [3.05, 3.63) is 28.8 Å². The van der Waals surface area contributed by atoms with Gasteiger partial charge in [0.25, 0.3) is 0 Å². The number of rotatable bonds is 4. The first-order valence-electron chi connectivity index (χ1n) is 6.15. The van der Waals surface area contributed by atoms with E-state index in [9.17, 15) is 4.79 Å². The molecule has 2 rings (SSSR count). The maximum absolute atomic E-state index is 11.2. The molecule has 1 aliphatic carbocycles. The number of ether oxygens (including phenoxy) is 2. The predicted molar refractivity (Wildman–Crippen MR) is 68.7 cm³/mol. The second kappa shape index (κ2) is 5.40. The zero-order valence-electron chi connectivity index (χ0n) is 10.9. The number of fused-ring (bicyclic) bond motifs is 1. The highest BCUT2D eigenvalue weighted by molar-refractivity contribution is 5.69. The van der Waals surface area contributed by atoms with E-state index < -0.39 is 0 Å². The summed E-state index contributed by atoms with van der Waals surface area (Å²) in [6, 6.07) is 4.15. The number of methoxy groups -OCH3 is 2. The van der Waals surface area contributed by atoms with E-state index in [1.54, 1.807) is 7.11 Å². The Balaban J connectivity index is 2.22. The Morgan fingerprint density at radius 3 is 2.72 bits per heavy atom. The Hall–Kier alpha value is -1.55. The van der Waals surface area contributed by atoms with Gasteiger partial charge < -0.3 is 15.2 Å². The molecule has 4 nitrogen and oxygen atoms in total. The lowest BCUT2D eigenvalue weighted by molar-refractivity contribution is -0.140. The third-order valence-corrected chi connectivity index (χ3v) is 3.46. The minimum atomic E-state index is -0.179. The smallest absolute Gasteiger partial charge is 0.305 e. The van der Waals surface area contributed by atoms with Crippen molar-refractivity contribution in [2.45, 2.75) is 31.7 Å². The number of esters is 1. The molecule has 1 aliphatic rings. The van der Waals surface area contributed by atoms with Crippen molar-refractivity contribution < 1.29 is 14.3 Å².